The standard InChI is InChI=1S/C29H22N2O2S/c1-19-31-25(18-34-19)11-13-27-26-12-10-23(16-24(26)17-30-27)29(33)22-9-5-6-20(14-22)15-28(32)21-7-3-2-4-8-21/h2-14,16,18H,15,17H2,1H3/b13-11+. The van der Waals surface area contributed by atoms with E-state index in [0.717, 1.165) is 33.1 Å². The smallest absolute Gasteiger partial charge is 0.193 e. The number of aromatic nitrogens is 1. The zero-order chi connectivity index (χ0) is 23.5. The first-order chi connectivity index (χ1) is 16.6. The number of aliphatic imine (C=N–C) groups is 1. The van der Waals surface area contributed by atoms with Gasteiger partial charge in [-0.3, -0.25) is 14.6 Å². The molecule has 0 N–H and O–H groups in total. The van der Waals surface area contributed by atoms with Crippen LogP contribution < -0.4 is 0 Å². The molecule has 0 saturated carbocycles. The highest BCUT2D eigenvalue weighted by Crippen LogP contribution is 2.24. The van der Waals surface area contributed by atoms with Crippen molar-refractivity contribution in [1.29, 1.82) is 0 Å². The number of benzene rings is 3. The molecular formula is C29H22N2O2S. The largest absolute Gasteiger partial charge is 0.294 e. The predicted octanol–water partition coefficient (Wildman–Crippen LogP) is 6.12. The van der Waals surface area contributed by atoms with Crippen molar-refractivity contribution in [3.63, 3.8) is 0 Å². The lowest BCUT2D eigenvalue weighted by Crippen LogP contribution is -2.06. The average Bonchev–Trinajstić information content (AvgIpc) is 3.48. The van der Waals surface area contributed by atoms with Crippen LogP contribution in [0.2, 0.25) is 0 Å². The van der Waals surface area contributed by atoms with Crippen molar-refractivity contribution in [3.05, 3.63) is 128 Å². The predicted molar refractivity (Wildman–Crippen MR) is 137 cm³/mol. The molecule has 5 rings (SSSR count). The summed E-state index contributed by atoms with van der Waals surface area (Å²) in [4.78, 5) is 34.9. The molecule has 0 saturated heterocycles. The lowest BCUT2D eigenvalue weighted by Gasteiger charge is -2.07. The first-order valence-corrected chi connectivity index (χ1v) is 11.9. The molecule has 0 amide bonds. The summed E-state index contributed by atoms with van der Waals surface area (Å²) in [7, 11) is 0. The van der Waals surface area contributed by atoms with E-state index in [9.17, 15) is 9.59 Å². The summed E-state index contributed by atoms with van der Waals surface area (Å²) >= 11 is 1.62. The van der Waals surface area contributed by atoms with Gasteiger partial charge in [-0.25, -0.2) is 4.98 Å². The summed E-state index contributed by atoms with van der Waals surface area (Å²) in [6, 6.07) is 22.3. The van der Waals surface area contributed by atoms with Gasteiger partial charge in [-0.15, -0.1) is 11.3 Å². The fourth-order valence-corrected chi connectivity index (χ4v) is 4.62. The third kappa shape index (κ3) is 4.70. The highest BCUT2D eigenvalue weighted by molar-refractivity contribution is 7.09. The number of Topliss-reactive ketones (excluding diaryl/α,β-unsaturated/α-hetero) is 1. The summed E-state index contributed by atoms with van der Waals surface area (Å²) in [5, 5.41) is 3.05. The molecule has 34 heavy (non-hydrogen) atoms. The SMILES string of the molecule is Cc1nc(/C=C/C2=NCc3cc(C(=O)c4cccc(CC(=O)c5ccccc5)c4)ccc32)cs1. The maximum Gasteiger partial charge on any atom is 0.193 e. The molecule has 0 radical (unpaired) electrons. The minimum absolute atomic E-state index is 0.0354. The lowest BCUT2D eigenvalue weighted by atomic mass is 9.95. The average molecular weight is 463 g/mol. The first kappa shape index (κ1) is 21.9. The second kappa shape index (κ2) is 9.49. The van der Waals surface area contributed by atoms with E-state index in [1.165, 1.54) is 0 Å². The Morgan fingerprint density at radius 1 is 0.912 bits per heavy atom. The number of hydrogen-bond donors (Lipinski definition) is 0. The summed E-state index contributed by atoms with van der Waals surface area (Å²) in [5.41, 5.74) is 6.62. The van der Waals surface area contributed by atoms with Gasteiger partial charge in [-0.05, 0) is 42.3 Å². The van der Waals surface area contributed by atoms with Gasteiger partial charge in [0.25, 0.3) is 0 Å². The number of ketones is 2. The second-order valence-electron chi connectivity index (χ2n) is 8.19. The Morgan fingerprint density at radius 3 is 2.50 bits per heavy atom. The second-order valence-corrected chi connectivity index (χ2v) is 9.26. The molecule has 4 aromatic rings. The third-order valence-electron chi connectivity index (χ3n) is 5.76. The number of allylic oxidation sites excluding steroid dienone is 1. The van der Waals surface area contributed by atoms with Gasteiger partial charge in [0.1, 0.15) is 0 Å². The lowest BCUT2D eigenvalue weighted by molar-refractivity contribution is 0.0990. The van der Waals surface area contributed by atoms with Crippen LogP contribution in [-0.4, -0.2) is 22.3 Å². The monoisotopic (exact) mass is 462 g/mol. The molecule has 0 atom stereocenters. The number of fused-ring (bicyclic) bond motifs is 1. The van der Waals surface area contributed by atoms with Gasteiger partial charge < -0.3 is 0 Å². The zero-order valence-corrected chi connectivity index (χ0v) is 19.5. The fraction of sp³-hybridized carbons (Fsp3) is 0.103. The fourth-order valence-electron chi connectivity index (χ4n) is 4.04. The van der Waals surface area contributed by atoms with Crippen molar-refractivity contribution >= 4 is 34.7 Å². The van der Waals surface area contributed by atoms with Gasteiger partial charge >= 0.3 is 0 Å². The summed E-state index contributed by atoms with van der Waals surface area (Å²) in [6.45, 7) is 2.54. The van der Waals surface area contributed by atoms with Crippen molar-refractivity contribution in [2.45, 2.75) is 19.9 Å². The molecule has 0 aliphatic carbocycles. The van der Waals surface area contributed by atoms with Crippen molar-refractivity contribution in [3.8, 4) is 0 Å². The highest BCUT2D eigenvalue weighted by atomic mass is 32.1. The molecule has 0 bridgehead atoms. The van der Waals surface area contributed by atoms with E-state index in [2.05, 4.69) is 9.98 Å². The van der Waals surface area contributed by atoms with E-state index in [-0.39, 0.29) is 18.0 Å². The minimum atomic E-state index is -0.0567. The number of aryl methyl sites for hydroxylation is 1. The van der Waals surface area contributed by atoms with Gasteiger partial charge in [0, 0.05) is 34.1 Å². The van der Waals surface area contributed by atoms with Crippen molar-refractivity contribution < 1.29 is 9.59 Å². The van der Waals surface area contributed by atoms with Gasteiger partial charge in [-0.1, -0.05) is 60.7 Å². The quantitative estimate of drug-likeness (QED) is 0.311. The van der Waals surface area contributed by atoms with Gasteiger partial charge in [0.05, 0.1) is 23.0 Å². The molecule has 4 nitrogen and oxygen atoms in total. The van der Waals surface area contributed by atoms with E-state index in [0.29, 0.717) is 23.2 Å². The molecule has 5 heteroatoms. The molecule has 1 aromatic heterocycles. The molecule has 0 spiro atoms. The van der Waals surface area contributed by atoms with E-state index in [4.69, 9.17) is 0 Å². The molecular weight excluding hydrogens is 440 g/mol. The molecule has 1 aliphatic heterocycles. The Hall–Kier alpha value is -3.96. The minimum Gasteiger partial charge on any atom is -0.294 e. The Bertz CT molecular complexity index is 1450. The molecule has 166 valence electrons. The molecule has 1 aliphatic rings. The first-order valence-electron chi connectivity index (χ1n) is 11.1. The number of hydrogen-bond acceptors (Lipinski definition) is 5. The van der Waals surface area contributed by atoms with Crippen LogP contribution in [-0.2, 0) is 13.0 Å². The molecule has 0 fully saturated rings. The summed E-state index contributed by atoms with van der Waals surface area (Å²) in [5.74, 6) is -0.0213. The zero-order valence-electron chi connectivity index (χ0n) is 18.7. The summed E-state index contributed by atoms with van der Waals surface area (Å²) in [6.07, 6.45) is 4.21. The normalized spacial score (nSPS) is 12.6. The van der Waals surface area contributed by atoms with Crippen molar-refractivity contribution in [2.24, 2.45) is 4.99 Å². The third-order valence-corrected chi connectivity index (χ3v) is 6.55. The Balaban J connectivity index is 1.32. The number of carbonyl (C=O) groups excluding carboxylic acids is 2. The van der Waals surface area contributed by atoms with Crippen LogP contribution in [0, 0.1) is 6.92 Å². The Labute approximate surface area is 202 Å². The number of nitrogens with zero attached hydrogens (tertiary/aromatic N) is 2. The topological polar surface area (TPSA) is 59.4 Å². The maximum atomic E-state index is 13.2. The molecule has 0 unspecified atom stereocenters. The Kier molecular flexibility index (Phi) is 6.11. The van der Waals surface area contributed by atoms with Crippen LogP contribution in [0.15, 0.2) is 89.2 Å². The van der Waals surface area contributed by atoms with Crippen LogP contribution in [0.3, 0.4) is 0 Å². The molecule has 3 aromatic carbocycles. The van der Waals surface area contributed by atoms with Crippen molar-refractivity contribution in [1.82, 2.24) is 4.98 Å². The highest BCUT2D eigenvalue weighted by Gasteiger charge is 2.18. The number of carbonyl (C=O) groups is 2. The summed E-state index contributed by atoms with van der Waals surface area (Å²) < 4.78 is 0. The van der Waals surface area contributed by atoms with E-state index < -0.39 is 0 Å². The molecule has 2 heterocycles. The number of rotatable bonds is 7. The Morgan fingerprint density at radius 2 is 1.71 bits per heavy atom. The van der Waals surface area contributed by atoms with Gasteiger partial charge in [0.2, 0.25) is 0 Å². The van der Waals surface area contributed by atoms with E-state index in [1.54, 1.807) is 17.4 Å². The van der Waals surface area contributed by atoms with E-state index >= 15 is 0 Å². The maximum absolute atomic E-state index is 13.2. The van der Waals surface area contributed by atoms with Crippen LogP contribution in [0.1, 0.15) is 53.7 Å². The number of thiazole rings is 1. The van der Waals surface area contributed by atoms with Crippen LogP contribution >= 0.6 is 11.3 Å². The van der Waals surface area contributed by atoms with Gasteiger partial charge in [0.15, 0.2) is 11.6 Å². The van der Waals surface area contributed by atoms with Crippen LogP contribution in [0.5, 0.6) is 0 Å². The van der Waals surface area contributed by atoms with Crippen LogP contribution in [0.4, 0.5) is 0 Å². The van der Waals surface area contributed by atoms with Gasteiger partial charge in [-0.2, -0.15) is 0 Å². The van der Waals surface area contributed by atoms with Crippen molar-refractivity contribution in [2.75, 3.05) is 0 Å². The van der Waals surface area contributed by atoms with E-state index in [1.807, 2.05) is 91.2 Å². The van der Waals surface area contributed by atoms with Crippen LogP contribution in [0.25, 0.3) is 6.08 Å².